The second-order valence-electron chi connectivity index (χ2n) is 17.4. The number of benzene rings is 7. The Balaban J connectivity index is 1.43. The maximum Gasteiger partial charge on any atom is 0.187 e. The molecule has 2 aromatic heterocycles. The molecular formula is C47H37N2O4P. The van der Waals surface area contributed by atoms with E-state index in [0.29, 0.717) is 22.7 Å². The van der Waals surface area contributed by atoms with Gasteiger partial charge in [0.25, 0.3) is 0 Å². The number of hydrogen-bond acceptors (Lipinski definition) is 4. The van der Waals surface area contributed by atoms with Crippen molar-refractivity contribution in [1.82, 2.24) is 9.13 Å². The van der Waals surface area contributed by atoms with E-state index >= 15 is 4.57 Å². The van der Waals surface area contributed by atoms with Crippen molar-refractivity contribution in [3.8, 4) is 22.9 Å². The van der Waals surface area contributed by atoms with E-state index in [4.69, 9.17) is 13.6 Å². The molecule has 7 aromatic carbocycles. The van der Waals surface area contributed by atoms with Gasteiger partial charge in [0.05, 0.1) is 38.3 Å². The molecule has 0 fully saturated rings. The fourth-order valence-corrected chi connectivity index (χ4v) is 13.0. The lowest BCUT2D eigenvalue weighted by Crippen LogP contribution is -2.42. The molecule has 0 unspecified atom stereocenters. The van der Waals surface area contributed by atoms with Gasteiger partial charge in [-0.1, -0.05) is 102 Å². The Bertz CT molecular complexity index is 3150. The average molecular weight is 725 g/mol. The topological polar surface area (TPSA) is 62.4 Å². The summed E-state index contributed by atoms with van der Waals surface area (Å²) in [4.78, 5) is 0. The monoisotopic (exact) mass is 724 g/mol. The van der Waals surface area contributed by atoms with E-state index in [1.165, 1.54) is 11.1 Å². The molecule has 12 rings (SSSR count). The van der Waals surface area contributed by atoms with Crippen LogP contribution in [0, 0.1) is 6.92 Å². The van der Waals surface area contributed by atoms with Gasteiger partial charge in [-0.25, -0.2) is 0 Å². The molecule has 0 aliphatic carbocycles. The SMILES string of the molecule is Cc1c2oc3cc(C(C)(C)C)ccc3n3c2c2c4c1oc1cc(C(C)(C)C)ccc1n4-c1c4c(cc5ccccc15)Oc1cc5ccccc5c-3c1P42=O. The van der Waals surface area contributed by atoms with E-state index in [2.05, 4.69) is 155 Å². The van der Waals surface area contributed by atoms with Gasteiger partial charge in [0.15, 0.2) is 29.5 Å². The van der Waals surface area contributed by atoms with Crippen molar-refractivity contribution in [3.63, 3.8) is 0 Å². The number of rotatable bonds is 0. The minimum absolute atomic E-state index is 0.0966. The van der Waals surface area contributed by atoms with Gasteiger partial charge in [-0.2, -0.15) is 0 Å². The first-order chi connectivity index (χ1) is 25.8. The van der Waals surface area contributed by atoms with Crippen LogP contribution in [0.3, 0.4) is 0 Å². The zero-order valence-electron chi connectivity index (χ0n) is 31.2. The molecule has 5 heterocycles. The van der Waals surface area contributed by atoms with Crippen molar-refractivity contribution >= 4 is 89.0 Å². The van der Waals surface area contributed by atoms with Crippen molar-refractivity contribution in [2.24, 2.45) is 0 Å². The molecule has 0 spiro atoms. The normalized spacial score (nSPS) is 14.9. The summed E-state index contributed by atoms with van der Waals surface area (Å²) < 4.78 is 43.1. The highest BCUT2D eigenvalue weighted by molar-refractivity contribution is 7.87. The Morgan fingerprint density at radius 3 is 1.44 bits per heavy atom. The number of aryl methyl sites for hydroxylation is 1. The predicted molar refractivity (Wildman–Crippen MR) is 221 cm³/mol. The molecule has 0 saturated heterocycles. The fraction of sp³-hybridized carbons (Fsp3) is 0.191. The quantitative estimate of drug-likeness (QED) is 0.115. The lowest BCUT2D eigenvalue weighted by molar-refractivity contribution is 0.486. The maximum atomic E-state index is 17.2. The fourth-order valence-electron chi connectivity index (χ4n) is 9.42. The Hall–Kier alpha value is -5.71. The Kier molecular flexibility index (Phi) is 5.40. The molecule has 9 aromatic rings. The van der Waals surface area contributed by atoms with Crippen LogP contribution in [0.1, 0.15) is 58.2 Å². The predicted octanol–water partition coefficient (Wildman–Crippen LogP) is 11.8. The smallest absolute Gasteiger partial charge is 0.187 e. The molecule has 3 aliphatic rings. The summed E-state index contributed by atoms with van der Waals surface area (Å²) in [6.45, 7) is 15.4. The lowest BCUT2D eigenvalue weighted by atomic mass is 9.87. The van der Waals surface area contributed by atoms with E-state index < -0.39 is 7.14 Å². The van der Waals surface area contributed by atoms with Gasteiger partial charge in [0, 0.05) is 16.3 Å². The summed E-state index contributed by atoms with van der Waals surface area (Å²) in [5.41, 5.74) is 11.1. The van der Waals surface area contributed by atoms with Crippen LogP contribution >= 0.6 is 7.14 Å². The molecule has 264 valence electrons. The van der Waals surface area contributed by atoms with Gasteiger partial charge in [-0.05, 0) is 76.1 Å². The molecule has 0 amide bonds. The lowest BCUT2D eigenvalue weighted by Gasteiger charge is -2.41. The van der Waals surface area contributed by atoms with Crippen LogP contribution in [0.5, 0.6) is 11.5 Å². The van der Waals surface area contributed by atoms with Gasteiger partial charge < -0.3 is 27.3 Å². The first-order valence-electron chi connectivity index (χ1n) is 18.7. The summed E-state index contributed by atoms with van der Waals surface area (Å²) in [6, 6.07) is 34.0. The molecular weight excluding hydrogens is 688 g/mol. The molecule has 0 bridgehead atoms. The molecule has 0 saturated carbocycles. The van der Waals surface area contributed by atoms with Crippen LogP contribution in [0.15, 0.2) is 106 Å². The summed E-state index contributed by atoms with van der Waals surface area (Å²) in [7, 11) is -3.66. The largest absolute Gasteiger partial charge is 0.456 e. The number of nitrogens with zero attached hydrogens (tertiary/aromatic N) is 2. The van der Waals surface area contributed by atoms with E-state index in [0.717, 1.165) is 87.6 Å². The van der Waals surface area contributed by atoms with Gasteiger partial charge in [-0.15, -0.1) is 0 Å². The van der Waals surface area contributed by atoms with Crippen molar-refractivity contribution in [3.05, 3.63) is 114 Å². The molecule has 0 N–H and O–H groups in total. The van der Waals surface area contributed by atoms with E-state index in [-0.39, 0.29) is 10.8 Å². The van der Waals surface area contributed by atoms with E-state index in [9.17, 15) is 0 Å². The third-order valence-corrected chi connectivity index (χ3v) is 15.3. The maximum absolute atomic E-state index is 17.2. The van der Waals surface area contributed by atoms with Crippen molar-refractivity contribution in [1.29, 1.82) is 0 Å². The number of fused-ring (bicyclic) bond motifs is 10. The zero-order valence-corrected chi connectivity index (χ0v) is 32.1. The van der Waals surface area contributed by atoms with Gasteiger partial charge in [-0.3, -0.25) is 0 Å². The summed E-state index contributed by atoms with van der Waals surface area (Å²) in [5.74, 6) is 1.25. The molecule has 3 aliphatic heterocycles. The highest BCUT2D eigenvalue weighted by atomic mass is 31.2. The number of hydrogen-bond donors (Lipinski definition) is 0. The first kappa shape index (κ1) is 30.7. The molecule has 0 radical (unpaired) electrons. The Morgan fingerprint density at radius 1 is 0.556 bits per heavy atom. The number of aromatic nitrogens is 2. The van der Waals surface area contributed by atoms with E-state index in [1.807, 2.05) is 0 Å². The Morgan fingerprint density at radius 2 is 1.00 bits per heavy atom. The van der Waals surface area contributed by atoms with Crippen molar-refractivity contribution in [2.75, 3.05) is 0 Å². The van der Waals surface area contributed by atoms with Gasteiger partial charge >= 0.3 is 0 Å². The van der Waals surface area contributed by atoms with Crippen LogP contribution in [0.25, 0.3) is 77.3 Å². The molecule has 0 atom stereocenters. The standard InChI is InChI=1S/C47H37N2O4P/c1-24-41-39-45-40-42(24)53-34-23-28(47(5,6)7)17-19-32(34)49(40)38-30-15-11-9-13-26(30)21-36-44(38)54(45,50)43-35(51-36)20-25-12-8-10-14-29(25)37(43)48(39)31-18-16-27(46(2,3)4)22-33(31)52-41/h8-23H,1-7H3. The molecule has 54 heavy (non-hydrogen) atoms. The first-order valence-corrected chi connectivity index (χ1v) is 20.4. The van der Waals surface area contributed by atoms with Crippen LogP contribution < -0.4 is 20.7 Å². The van der Waals surface area contributed by atoms with Crippen molar-refractivity contribution < 1.29 is 18.1 Å². The average Bonchev–Trinajstić information content (AvgIpc) is 3.14. The van der Waals surface area contributed by atoms with Crippen LogP contribution in [0.2, 0.25) is 0 Å². The number of ether oxygens (including phenoxy) is 1. The second-order valence-corrected chi connectivity index (χ2v) is 19.9. The van der Waals surface area contributed by atoms with Gasteiger partial charge in [0.2, 0.25) is 0 Å². The van der Waals surface area contributed by atoms with Crippen LogP contribution in [-0.2, 0) is 15.4 Å². The van der Waals surface area contributed by atoms with Crippen molar-refractivity contribution in [2.45, 2.75) is 59.3 Å². The summed E-state index contributed by atoms with van der Waals surface area (Å²) >= 11 is 0. The summed E-state index contributed by atoms with van der Waals surface area (Å²) in [6.07, 6.45) is 0. The van der Waals surface area contributed by atoms with E-state index in [1.54, 1.807) is 0 Å². The minimum Gasteiger partial charge on any atom is -0.456 e. The highest BCUT2D eigenvalue weighted by Gasteiger charge is 2.53. The zero-order chi connectivity index (χ0) is 36.8. The highest BCUT2D eigenvalue weighted by Crippen LogP contribution is 2.63. The third-order valence-electron chi connectivity index (χ3n) is 12.1. The third kappa shape index (κ3) is 3.52. The van der Waals surface area contributed by atoms with Crippen LogP contribution in [0.4, 0.5) is 0 Å². The second kappa shape index (κ2) is 9.50. The Labute approximate surface area is 311 Å². The summed E-state index contributed by atoms with van der Waals surface area (Å²) in [5, 5.41) is 6.27. The van der Waals surface area contributed by atoms with Gasteiger partial charge in [0.1, 0.15) is 22.5 Å². The molecule has 7 heteroatoms. The minimum atomic E-state index is -3.66. The van der Waals surface area contributed by atoms with Crippen LogP contribution in [-0.4, -0.2) is 9.13 Å². The molecule has 6 nitrogen and oxygen atoms in total.